The number of H-pyrrole nitrogens is 1. The van der Waals surface area contributed by atoms with Crippen LogP contribution >= 0.6 is 11.6 Å². The average Bonchev–Trinajstić information content (AvgIpc) is 3.32. The first-order valence-electron chi connectivity index (χ1n) is 14.2. The fourth-order valence-electron chi connectivity index (χ4n) is 5.39. The number of carbonyl (C=O) groups is 1. The van der Waals surface area contributed by atoms with Gasteiger partial charge in [-0.1, -0.05) is 49.7 Å². The Balaban J connectivity index is 1.35. The van der Waals surface area contributed by atoms with E-state index in [4.69, 9.17) is 16.6 Å². The molecule has 10 heteroatoms. The Morgan fingerprint density at radius 3 is 2.51 bits per heavy atom. The monoisotopic (exact) mass is 575 g/mol. The Labute approximate surface area is 245 Å². The molecule has 1 amide bonds. The molecule has 0 bridgehead atoms. The molecular weight excluding hydrogens is 538 g/mol. The Kier molecular flexibility index (Phi) is 8.58. The van der Waals surface area contributed by atoms with E-state index < -0.39 is 0 Å². The fourth-order valence-corrected chi connectivity index (χ4v) is 5.70. The molecule has 41 heavy (non-hydrogen) atoms. The van der Waals surface area contributed by atoms with Gasteiger partial charge in [-0.15, -0.1) is 0 Å². The predicted octanol–water partition coefficient (Wildman–Crippen LogP) is 4.38. The largest absolute Gasteiger partial charge is 0.314 e. The minimum atomic E-state index is -0.313. The van der Waals surface area contributed by atoms with Gasteiger partial charge in [0, 0.05) is 25.2 Å². The van der Waals surface area contributed by atoms with Gasteiger partial charge in [0.2, 0.25) is 5.91 Å². The van der Waals surface area contributed by atoms with Gasteiger partial charge in [-0.3, -0.25) is 14.7 Å². The number of benzene rings is 2. The van der Waals surface area contributed by atoms with Gasteiger partial charge in [-0.2, -0.15) is 4.98 Å². The minimum Gasteiger partial charge on any atom is -0.314 e. The molecule has 0 atom stereocenters. The Morgan fingerprint density at radius 2 is 1.85 bits per heavy atom. The number of fused-ring (bicyclic) bond motifs is 1. The first-order valence-corrected chi connectivity index (χ1v) is 14.5. The van der Waals surface area contributed by atoms with Crippen molar-refractivity contribution in [2.24, 2.45) is 0 Å². The molecule has 0 radical (unpaired) electrons. The first-order chi connectivity index (χ1) is 19.6. The number of aromatic amines is 1. The van der Waals surface area contributed by atoms with Crippen molar-refractivity contribution >= 4 is 23.2 Å². The second-order valence-electron chi connectivity index (χ2n) is 11.3. The molecular formula is C31H38ClN7O2. The van der Waals surface area contributed by atoms with E-state index in [0.29, 0.717) is 41.2 Å². The lowest BCUT2D eigenvalue weighted by atomic mass is 10.1. The maximum absolute atomic E-state index is 13.3. The number of nitrogens with one attached hydrogen (secondary N) is 2. The van der Waals surface area contributed by atoms with E-state index in [-0.39, 0.29) is 17.4 Å². The fraction of sp³-hybridized carbons (Fsp3) is 0.419. The van der Waals surface area contributed by atoms with E-state index in [1.54, 1.807) is 16.6 Å². The number of halogens is 1. The number of hydrogen-bond acceptors (Lipinski definition) is 6. The zero-order valence-corrected chi connectivity index (χ0v) is 25.1. The van der Waals surface area contributed by atoms with Crippen LogP contribution < -0.4 is 15.8 Å². The molecule has 1 saturated heterocycles. The van der Waals surface area contributed by atoms with Gasteiger partial charge < -0.3 is 15.1 Å². The highest BCUT2D eigenvalue weighted by atomic mass is 35.5. The molecule has 0 aromatic heterocycles. The third kappa shape index (κ3) is 6.22. The van der Waals surface area contributed by atoms with Crippen molar-refractivity contribution < 1.29 is 4.79 Å². The van der Waals surface area contributed by atoms with Gasteiger partial charge in [-0.05, 0) is 75.1 Å². The van der Waals surface area contributed by atoms with Gasteiger partial charge in [-0.25, -0.2) is 9.67 Å². The van der Waals surface area contributed by atoms with Crippen LogP contribution in [0.25, 0.3) is 17.1 Å². The van der Waals surface area contributed by atoms with Gasteiger partial charge in [0.25, 0.3) is 5.56 Å². The van der Waals surface area contributed by atoms with Crippen LogP contribution in [-0.4, -0.2) is 70.3 Å². The van der Waals surface area contributed by atoms with Crippen molar-refractivity contribution in [1.29, 1.82) is 0 Å². The summed E-state index contributed by atoms with van der Waals surface area (Å²) in [6.45, 7) is 8.44. The van der Waals surface area contributed by atoms with E-state index in [9.17, 15) is 9.59 Å². The van der Waals surface area contributed by atoms with Crippen LogP contribution in [0.3, 0.4) is 0 Å². The molecule has 0 aliphatic carbocycles. The summed E-state index contributed by atoms with van der Waals surface area (Å²) in [4.78, 5) is 39.3. The zero-order valence-electron chi connectivity index (χ0n) is 24.4. The standard InChI is InChI=1S/C31H38ClN7O2/c1-19(2)28-27-30(39(36-28)29-20(3)7-6-8-24(29)32)34-25(35-31(27)41)17-21-9-11-23(12-10-21)38(5)26(40)18-33-22-13-15-37(4)16-14-22/h6-12,19,22,33,36H,13-18H2,1-5H3. The number of anilines is 1. The van der Waals surface area contributed by atoms with E-state index in [1.807, 2.05) is 63.2 Å². The SMILES string of the molecule is Cc1cccc(Cl)c1-n1[nH]c(C(C)C)c2c(=O)nc(Cc3ccc(N(C)C(=O)CNC4CCN(C)CC4)cc3)nc1-2. The van der Waals surface area contributed by atoms with Crippen LogP contribution in [0.2, 0.25) is 5.02 Å². The van der Waals surface area contributed by atoms with Crippen LogP contribution in [-0.2, 0) is 11.2 Å². The molecule has 2 aromatic rings. The summed E-state index contributed by atoms with van der Waals surface area (Å²) in [7, 11) is 3.92. The van der Waals surface area contributed by atoms with E-state index in [2.05, 4.69) is 27.3 Å². The predicted molar refractivity (Wildman–Crippen MR) is 164 cm³/mol. The lowest BCUT2D eigenvalue weighted by Crippen LogP contribution is -2.45. The number of likely N-dealkylation sites (N-methyl/N-ethyl adjacent to an activating group) is 1. The van der Waals surface area contributed by atoms with Crippen LogP contribution in [0, 0.1) is 6.92 Å². The number of para-hydroxylation sites is 1. The number of aromatic nitrogens is 4. The van der Waals surface area contributed by atoms with Gasteiger partial charge in [0.15, 0.2) is 5.82 Å². The van der Waals surface area contributed by atoms with Gasteiger partial charge in [0.1, 0.15) is 11.4 Å². The summed E-state index contributed by atoms with van der Waals surface area (Å²) in [5.41, 5.74) is 4.42. The normalized spacial score (nSPS) is 14.7. The zero-order chi connectivity index (χ0) is 29.3. The summed E-state index contributed by atoms with van der Waals surface area (Å²) in [6.07, 6.45) is 2.49. The van der Waals surface area contributed by atoms with Gasteiger partial charge >= 0.3 is 0 Å². The third-order valence-electron chi connectivity index (χ3n) is 7.93. The number of carbonyl (C=O) groups excluding carboxylic acids is 1. The van der Waals surface area contributed by atoms with E-state index >= 15 is 0 Å². The van der Waals surface area contributed by atoms with Crippen LogP contribution in [0.15, 0.2) is 47.3 Å². The molecule has 3 aliphatic rings. The molecule has 1 fully saturated rings. The van der Waals surface area contributed by atoms with Gasteiger partial charge in [0.05, 0.1) is 22.9 Å². The lowest BCUT2D eigenvalue weighted by molar-refractivity contribution is -0.117. The number of piperidine rings is 1. The highest BCUT2D eigenvalue weighted by molar-refractivity contribution is 6.32. The summed E-state index contributed by atoms with van der Waals surface area (Å²) < 4.78 is 1.80. The number of likely N-dealkylation sites (tertiary alicyclic amines) is 1. The van der Waals surface area contributed by atoms with Crippen molar-refractivity contribution in [1.82, 2.24) is 30.0 Å². The van der Waals surface area contributed by atoms with Crippen LogP contribution in [0.4, 0.5) is 5.69 Å². The van der Waals surface area contributed by atoms with Crippen molar-refractivity contribution in [3.05, 3.63) is 80.5 Å². The number of nitrogens with zero attached hydrogens (tertiary/aromatic N) is 5. The van der Waals surface area contributed by atoms with Crippen molar-refractivity contribution in [2.75, 3.05) is 38.6 Å². The van der Waals surface area contributed by atoms with Crippen LogP contribution in [0.1, 0.15) is 55.3 Å². The topological polar surface area (TPSA) is 99.2 Å². The summed E-state index contributed by atoms with van der Waals surface area (Å²) >= 11 is 6.59. The van der Waals surface area contributed by atoms with E-state index in [1.165, 1.54) is 0 Å². The molecule has 9 nitrogen and oxygen atoms in total. The summed E-state index contributed by atoms with van der Waals surface area (Å²) in [5.74, 6) is 1.03. The molecule has 0 spiro atoms. The van der Waals surface area contributed by atoms with Crippen molar-refractivity contribution in [2.45, 2.75) is 52.0 Å². The highest BCUT2D eigenvalue weighted by Gasteiger charge is 2.26. The first kappa shape index (κ1) is 29.0. The average molecular weight is 576 g/mol. The Hall–Kier alpha value is -3.53. The number of amides is 1. The molecule has 0 saturated carbocycles. The maximum Gasteiger partial charge on any atom is 0.284 e. The highest BCUT2D eigenvalue weighted by Crippen LogP contribution is 2.32. The molecule has 2 N–H and O–H groups in total. The number of hydrogen-bond donors (Lipinski definition) is 2. The molecule has 216 valence electrons. The van der Waals surface area contributed by atoms with Crippen LogP contribution in [0.5, 0.6) is 0 Å². The van der Waals surface area contributed by atoms with E-state index in [0.717, 1.165) is 54.1 Å². The molecule has 5 rings (SSSR count). The van der Waals surface area contributed by atoms with Crippen molar-refractivity contribution in [3.8, 4) is 17.1 Å². The smallest absolute Gasteiger partial charge is 0.284 e. The van der Waals surface area contributed by atoms with Crippen molar-refractivity contribution in [3.63, 3.8) is 0 Å². The quantitative estimate of drug-likeness (QED) is 0.323. The lowest BCUT2D eigenvalue weighted by Gasteiger charge is -2.30. The maximum atomic E-state index is 13.3. The number of rotatable bonds is 8. The Bertz CT molecular complexity index is 1530. The second-order valence-corrected chi connectivity index (χ2v) is 11.7. The second kappa shape index (κ2) is 12.1. The molecule has 3 aliphatic heterocycles. The minimum absolute atomic E-state index is 0.0225. The Morgan fingerprint density at radius 1 is 1.15 bits per heavy atom. The third-order valence-corrected chi connectivity index (χ3v) is 8.23. The molecule has 2 aromatic carbocycles. The molecule has 0 unspecified atom stereocenters. The summed E-state index contributed by atoms with van der Waals surface area (Å²) in [5, 5.41) is 7.35. The number of aryl methyl sites for hydroxylation is 1. The summed E-state index contributed by atoms with van der Waals surface area (Å²) in [6, 6.07) is 13.8. The molecule has 3 heterocycles.